The predicted octanol–water partition coefficient (Wildman–Crippen LogP) is 2.11. The van der Waals surface area contributed by atoms with Crippen molar-refractivity contribution in [1.82, 2.24) is 19.7 Å². The Balaban J connectivity index is 1.19. The first-order chi connectivity index (χ1) is 15.7. The first-order valence-corrected chi connectivity index (χ1v) is 11.4. The highest BCUT2D eigenvalue weighted by Crippen LogP contribution is 2.20. The van der Waals surface area contributed by atoms with Crippen molar-refractivity contribution in [3.63, 3.8) is 0 Å². The standard InChI is InChI=1S/C23H28N6O3/c30-22(17-29-18-7-3-4-8-19(18)32-23(29)31)28-15-13-27(14-16-28)21-10-9-20(24-25-21)26-11-5-1-2-6-12-26/h3-4,7-10H,1-2,5-6,11-17H2. The van der Waals surface area contributed by atoms with Crippen LogP contribution in [-0.2, 0) is 11.3 Å². The molecule has 5 rings (SSSR count). The van der Waals surface area contributed by atoms with Crippen LogP contribution in [0.2, 0.25) is 0 Å². The molecule has 0 aliphatic carbocycles. The van der Waals surface area contributed by atoms with Crippen LogP contribution in [0.15, 0.2) is 45.6 Å². The summed E-state index contributed by atoms with van der Waals surface area (Å²) >= 11 is 0. The normalized spacial score (nSPS) is 17.6. The highest BCUT2D eigenvalue weighted by Gasteiger charge is 2.24. The predicted molar refractivity (Wildman–Crippen MR) is 122 cm³/mol. The summed E-state index contributed by atoms with van der Waals surface area (Å²) in [4.78, 5) is 31.3. The van der Waals surface area contributed by atoms with Crippen molar-refractivity contribution in [2.24, 2.45) is 0 Å². The zero-order chi connectivity index (χ0) is 21.9. The summed E-state index contributed by atoms with van der Waals surface area (Å²) in [7, 11) is 0. The van der Waals surface area contributed by atoms with Crippen LogP contribution in [0, 0.1) is 0 Å². The number of hydrogen-bond donors (Lipinski definition) is 0. The molecule has 0 unspecified atom stereocenters. The van der Waals surface area contributed by atoms with E-state index in [0.29, 0.717) is 37.3 Å². The number of carbonyl (C=O) groups excluding carboxylic acids is 1. The van der Waals surface area contributed by atoms with Gasteiger partial charge in [-0.1, -0.05) is 25.0 Å². The van der Waals surface area contributed by atoms with Crippen LogP contribution in [0.25, 0.3) is 11.1 Å². The molecule has 9 heteroatoms. The second kappa shape index (κ2) is 9.02. The molecule has 2 saturated heterocycles. The number of amides is 1. The summed E-state index contributed by atoms with van der Waals surface area (Å²) in [6.45, 7) is 4.61. The summed E-state index contributed by atoms with van der Waals surface area (Å²) in [5.41, 5.74) is 1.14. The number of hydrogen-bond acceptors (Lipinski definition) is 7. The van der Waals surface area contributed by atoms with E-state index in [2.05, 4.69) is 26.1 Å². The summed E-state index contributed by atoms with van der Waals surface area (Å²) < 4.78 is 6.63. The Bertz CT molecular complexity index is 1120. The average molecular weight is 437 g/mol. The molecule has 2 fully saturated rings. The molecule has 0 spiro atoms. The number of anilines is 2. The third-order valence-corrected chi connectivity index (χ3v) is 6.39. The van der Waals surface area contributed by atoms with Crippen LogP contribution in [0.4, 0.5) is 11.6 Å². The molecule has 0 atom stereocenters. The molecule has 2 aliphatic heterocycles. The van der Waals surface area contributed by atoms with Crippen LogP contribution in [0.1, 0.15) is 25.7 Å². The topological polar surface area (TPSA) is 87.7 Å². The van der Waals surface area contributed by atoms with Crippen LogP contribution in [0.5, 0.6) is 0 Å². The summed E-state index contributed by atoms with van der Waals surface area (Å²) in [6.07, 6.45) is 4.99. The lowest BCUT2D eigenvalue weighted by Crippen LogP contribution is -2.50. The number of piperazine rings is 1. The molecule has 2 aliphatic rings. The molecule has 4 heterocycles. The van der Waals surface area contributed by atoms with Gasteiger partial charge in [-0.3, -0.25) is 9.36 Å². The minimum absolute atomic E-state index is 0.0137. The van der Waals surface area contributed by atoms with Crippen molar-refractivity contribution in [1.29, 1.82) is 0 Å². The molecule has 9 nitrogen and oxygen atoms in total. The Kier molecular flexibility index (Phi) is 5.79. The van der Waals surface area contributed by atoms with Crippen molar-refractivity contribution in [3.8, 4) is 0 Å². The van der Waals surface area contributed by atoms with E-state index in [1.165, 1.54) is 30.3 Å². The van der Waals surface area contributed by atoms with Gasteiger partial charge in [-0.05, 0) is 37.1 Å². The van der Waals surface area contributed by atoms with Crippen LogP contribution in [0.3, 0.4) is 0 Å². The molecule has 1 amide bonds. The van der Waals surface area contributed by atoms with Gasteiger partial charge in [-0.2, -0.15) is 0 Å². The van der Waals surface area contributed by atoms with Crippen molar-refractivity contribution < 1.29 is 9.21 Å². The molecule has 0 N–H and O–H groups in total. The number of aromatic nitrogens is 3. The molecule has 3 aromatic rings. The highest BCUT2D eigenvalue weighted by molar-refractivity contribution is 5.79. The lowest BCUT2D eigenvalue weighted by Gasteiger charge is -2.35. The Morgan fingerprint density at radius 1 is 0.812 bits per heavy atom. The number of oxazole rings is 1. The van der Waals surface area contributed by atoms with Gasteiger partial charge in [0.15, 0.2) is 17.2 Å². The fourth-order valence-electron chi connectivity index (χ4n) is 4.54. The number of fused-ring (bicyclic) bond motifs is 1. The Morgan fingerprint density at radius 2 is 1.44 bits per heavy atom. The minimum Gasteiger partial charge on any atom is -0.408 e. The maximum absolute atomic E-state index is 12.8. The molecule has 0 bridgehead atoms. The second-order valence-corrected chi connectivity index (χ2v) is 8.44. The quantitative estimate of drug-likeness (QED) is 0.619. The van der Waals surface area contributed by atoms with Gasteiger partial charge in [0.25, 0.3) is 0 Å². The average Bonchev–Trinajstić information content (AvgIpc) is 2.99. The molecular weight excluding hydrogens is 408 g/mol. The first kappa shape index (κ1) is 20.5. The minimum atomic E-state index is -0.502. The number of para-hydroxylation sites is 2. The van der Waals surface area contributed by atoms with Gasteiger partial charge in [0.2, 0.25) is 5.91 Å². The number of rotatable bonds is 4. The van der Waals surface area contributed by atoms with Crippen LogP contribution < -0.4 is 15.6 Å². The maximum Gasteiger partial charge on any atom is 0.420 e. The largest absolute Gasteiger partial charge is 0.420 e. The van der Waals surface area contributed by atoms with Gasteiger partial charge in [0.1, 0.15) is 6.54 Å². The van der Waals surface area contributed by atoms with E-state index >= 15 is 0 Å². The van der Waals surface area contributed by atoms with E-state index in [9.17, 15) is 9.59 Å². The van der Waals surface area contributed by atoms with Crippen molar-refractivity contribution in [2.75, 3.05) is 49.1 Å². The highest BCUT2D eigenvalue weighted by atomic mass is 16.4. The fraction of sp³-hybridized carbons (Fsp3) is 0.478. The fourth-order valence-corrected chi connectivity index (χ4v) is 4.54. The lowest BCUT2D eigenvalue weighted by atomic mass is 10.2. The molecule has 0 saturated carbocycles. The van der Waals surface area contributed by atoms with Gasteiger partial charge < -0.3 is 19.1 Å². The molecule has 32 heavy (non-hydrogen) atoms. The van der Waals surface area contributed by atoms with Crippen LogP contribution >= 0.6 is 0 Å². The van der Waals surface area contributed by atoms with Crippen LogP contribution in [-0.4, -0.2) is 64.8 Å². The molecule has 2 aromatic heterocycles. The molecule has 1 aromatic carbocycles. The summed E-state index contributed by atoms with van der Waals surface area (Å²) in [5.74, 6) is 1.20. The first-order valence-electron chi connectivity index (χ1n) is 11.4. The van der Waals surface area contributed by atoms with Gasteiger partial charge in [-0.25, -0.2) is 4.79 Å². The smallest absolute Gasteiger partial charge is 0.408 e. The van der Waals surface area contributed by atoms with E-state index < -0.39 is 5.76 Å². The third kappa shape index (κ3) is 4.19. The molecular formula is C23H28N6O3. The summed E-state index contributed by atoms with van der Waals surface area (Å²) in [6, 6.07) is 11.2. The Labute approximate surface area is 186 Å². The zero-order valence-corrected chi connectivity index (χ0v) is 18.2. The monoisotopic (exact) mass is 436 g/mol. The lowest BCUT2D eigenvalue weighted by molar-refractivity contribution is -0.132. The van der Waals surface area contributed by atoms with Gasteiger partial charge in [0.05, 0.1) is 5.52 Å². The van der Waals surface area contributed by atoms with Crippen molar-refractivity contribution in [3.05, 3.63) is 46.9 Å². The third-order valence-electron chi connectivity index (χ3n) is 6.39. The van der Waals surface area contributed by atoms with E-state index in [0.717, 1.165) is 24.7 Å². The molecule has 168 valence electrons. The maximum atomic E-state index is 12.8. The Morgan fingerprint density at radius 3 is 2.09 bits per heavy atom. The number of benzene rings is 1. The van der Waals surface area contributed by atoms with Gasteiger partial charge >= 0.3 is 5.76 Å². The SMILES string of the molecule is O=C(Cn1c(=O)oc2ccccc21)N1CCN(c2ccc(N3CCCCCC3)nn2)CC1. The van der Waals surface area contributed by atoms with E-state index in [4.69, 9.17) is 4.42 Å². The summed E-state index contributed by atoms with van der Waals surface area (Å²) in [5, 5.41) is 8.92. The van der Waals surface area contributed by atoms with Gasteiger partial charge in [0, 0.05) is 39.3 Å². The van der Waals surface area contributed by atoms with Gasteiger partial charge in [-0.15, -0.1) is 10.2 Å². The number of nitrogens with zero attached hydrogens (tertiary/aromatic N) is 6. The Hall–Kier alpha value is -3.36. The van der Waals surface area contributed by atoms with Crippen molar-refractivity contribution >= 4 is 28.6 Å². The second-order valence-electron chi connectivity index (χ2n) is 8.44. The number of carbonyl (C=O) groups is 1. The van der Waals surface area contributed by atoms with Crippen molar-refractivity contribution in [2.45, 2.75) is 32.2 Å². The van der Waals surface area contributed by atoms with E-state index in [1.54, 1.807) is 23.1 Å². The molecule has 0 radical (unpaired) electrons. The van der Waals surface area contributed by atoms with E-state index in [-0.39, 0.29) is 12.5 Å². The van der Waals surface area contributed by atoms with E-state index in [1.807, 2.05) is 12.1 Å². The zero-order valence-electron chi connectivity index (χ0n) is 18.2.